The molecule has 1 atom stereocenters. The minimum absolute atomic E-state index is 0.0569. The highest BCUT2D eigenvalue weighted by Crippen LogP contribution is 2.30. The second kappa shape index (κ2) is 5.65. The number of carbonyl (C=O) groups excluding carboxylic acids is 2. The molecule has 2 amide bonds. The van der Waals surface area contributed by atoms with Crippen molar-refractivity contribution in [2.45, 2.75) is 24.9 Å². The summed E-state index contributed by atoms with van der Waals surface area (Å²) in [5, 5.41) is 0.436. The van der Waals surface area contributed by atoms with Crippen LogP contribution in [-0.2, 0) is 4.79 Å². The average molecular weight is 376 g/mol. The minimum atomic E-state index is -0.347. The van der Waals surface area contributed by atoms with Crippen LogP contribution in [0.2, 0.25) is 0 Å². The summed E-state index contributed by atoms with van der Waals surface area (Å²) < 4.78 is 0.825. The van der Waals surface area contributed by atoms with Gasteiger partial charge in [0.2, 0.25) is 5.91 Å². The number of thioether (sulfide) groups is 1. The van der Waals surface area contributed by atoms with Gasteiger partial charge in [0.1, 0.15) is 6.04 Å². The Morgan fingerprint density at radius 2 is 2.25 bits per heavy atom. The summed E-state index contributed by atoms with van der Waals surface area (Å²) >= 11 is 6.23. The van der Waals surface area contributed by atoms with Gasteiger partial charge in [-0.25, -0.2) is 4.98 Å². The predicted molar refractivity (Wildman–Crippen MR) is 82.9 cm³/mol. The smallest absolute Gasteiger partial charge is 0.284 e. The van der Waals surface area contributed by atoms with E-state index in [9.17, 15) is 9.59 Å². The molecule has 0 aromatic carbocycles. The van der Waals surface area contributed by atoms with Crippen LogP contribution in [0, 0.1) is 0 Å². The van der Waals surface area contributed by atoms with Gasteiger partial charge in [-0.05, 0) is 28.8 Å². The van der Waals surface area contributed by atoms with E-state index in [4.69, 9.17) is 0 Å². The Morgan fingerprint density at radius 1 is 1.50 bits per heavy atom. The number of carbonyl (C=O) groups is 2. The van der Waals surface area contributed by atoms with E-state index in [0.29, 0.717) is 22.7 Å². The van der Waals surface area contributed by atoms with Gasteiger partial charge >= 0.3 is 0 Å². The van der Waals surface area contributed by atoms with E-state index >= 15 is 0 Å². The van der Waals surface area contributed by atoms with Crippen LogP contribution < -0.4 is 0 Å². The van der Waals surface area contributed by atoms with Crippen LogP contribution in [0.3, 0.4) is 0 Å². The molecule has 0 spiro atoms. The molecule has 1 saturated heterocycles. The number of halogens is 1. The number of hydrogen-bond donors (Lipinski definition) is 0. The summed E-state index contributed by atoms with van der Waals surface area (Å²) in [6, 6.07) is 0.0276. The lowest BCUT2D eigenvalue weighted by molar-refractivity contribution is -0.134. The van der Waals surface area contributed by atoms with E-state index in [1.54, 1.807) is 27.8 Å². The van der Waals surface area contributed by atoms with Gasteiger partial charge in [0.05, 0.1) is 15.9 Å². The lowest BCUT2D eigenvalue weighted by Gasteiger charge is -2.26. The molecule has 108 valence electrons. The molecule has 2 fully saturated rings. The first kappa shape index (κ1) is 14.3. The molecule has 2 aliphatic rings. The Bertz CT molecular complexity index is 547. The van der Waals surface area contributed by atoms with Crippen molar-refractivity contribution in [3.05, 3.63) is 15.0 Å². The number of likely N-dealkylation sites (N-methyl/N-ethyl adjacent to an activating group) is 1. The van der Waals surface area contributed by atoms with Gasteiger partial charge < -0.3 is 9.80 Å². The molecule has 0 radical (unpaired) electrons. The monoisotopic (exact) mass is 375 g/mol. The van der Waals surface area contributed by atoms with Crippen molar-refractivity contribution in [2.24, 2.45) is 0 Å². The Hall–Kier alpha value is -0.600. The molecule has 1 aromatic rings. The van der Waals surface area contributed by atoms with Crippen LogP contribution in [0.25, 0.3) is 0 Å². The molecule has 0 bridgehead atoms. The van der Waals surface area contributed by atoms with Gasteiger partial charge in [0.25, 0.3) is 5.91 Å². The van der Waals surface area contributed by atoms with Crippen LogP contribution in [0.15, 0.2) is 9.98 Å². The number of rotatable bonds is 3. The molecule has 8 heteroatoms. The molecule has 3 rings (SSSR count). The van der Waals surface area contributed by atoms with E-state index in [-0.39, 0.29) is 17.9 Å². The molecule has 1 aromatic heterocycles. The highest BCUT2D eigenvalue weighted by molar-refractivity contribution is 9.11. The van der Waals surface area contributed by atoms with Crippen LogP contribution >= 0.6 is 39.0 Å². The van der Waals surface area contributed by atoms with Crippen LogP contribution in [0.4, 0.5) is 0 Å². The minimum Gasteiger partial charge on any atom is -0.341 e. The second-order valence-electron chi connectivity index (χ2n) is 4.94. The first-order valence-corrected chi connectivity index (χ1v) is 9.11. The van der Waals surface area contributed by atoms with E-state index in [2.05, 4.69) is 20.9 Å². The molecule has 5 nitrogen and oxygen atoms in total. The molecule has 1 unspecified atom stereocenters. The van der Waals surface area contributed by atoms with Gasteiger partial charge in [-0.15, -0.1) is 23.1 Å². The third-order valence-electron chi connectivity index (χ3n) is 3.53. The van der Waals surface area contributed by atoms with Crippen molar-refractivity contribution < 1.29 is 9.59 Å². The van der Waals surface area contributed by atoms with Crippen molar-refractivity contribution in [3.8, 4) is 0 Å². The van der Waals surface area contributed by atoms with E-state index in [1.165, 1.54) is 11.3 Å². The zero-order chi connectivity index (χ0) is 14.3. The first-order chi connectivity index (χ1) is 9.58. The molecule has 20 heavy (non-hydrogen) atoms. The maximum absolute atomic E-state index is 12.5. The highest BCUT2D eigenvalue weighted by atomic mass is 79.9. The quantitative estimate of drug-likeness (QED) is 0.810. The van der Waals surface area contributed by atoms with Crippen molar-refractivity contribution in [1.82, 2.24) is 14.8 Å². The van der Waals surface area contributed by atoms with E-state index < -0.39 is 0 Å². The maximum atomic E-state index is 12.5. The molecular formula is C12H14BrN3O2S2. The highest BCUT2D eigenvalue weighted by Gasteiger charge is 2.40. The van der Waals surface area contributed by atoms with Crippen molar-refractivity contribution in [1.29, 1.82) is 0 Å². The number of thiazole rings is 1. The summed E-state index contributed by atoms with van der Waals surface area (Å²) in [6.45, 7) is 0. The average Bonchev–Trinajstić information content (AvgIpc) is 3.01. The largest absolute Gasteiger partial charge is 0.341 e. The van der Waals surface area contributed by atoms with Gasteiger partial charge in [-0.3, -0.25) is 9.59 Å². The molecule has 1 aliphatic carbocycles. The molecular weight excluding hydrogens is 362 g/mol. The summed E-state index contributed by atoms with van der Waals surface area (Å²) in [7, 11) is 1.84. The van der Waals surface area contributed by atoms with E-state index in [1.807, 2.05) is 7.05 Å². The molecule has 2 heterocycles. The van der Waals surface area contributed by atoms with Gasteiger partial charge in [-0.1, -0.05) is 0 Å². The molecule has 0 N–H and O–H groups in total. The number of amides is 2. The zero-order valence-electron chi connectivity index (χ0n) is 10.9. The summed E-state index contributed by atoms with van der Waals surface area (Å²) in [5.74, 6) is 1.15. The lowest BCUT2D eigenvalue weighted by atomic mass is 10.2. The van der Waals surface area contributed by atoms with Crippen LogP contribution in [0.5, 0.6) is 0 Å². The fourth-order valence-electron chi connectivity index (χ4n) is 2.20. The third-order valence-corrected chi connectivity index (χ3v) is 6.01. The summed E-state index contributed by atoms with van der Waals surface area (Å²) in [6.07, 6.45) is 3.78. The molecule has 1 saturated carbocycles. The number of hydrogen-bond acceptors (Lipinski definition) is 5. The van der Waals surface area contributed by atoms with Crippen molar-refractivity contribution in [3.63, 3.8) is 0 Å². The van der Waals surface area contributed by atoms with Crippen molar-refractivity contribution in [2.75, 3.05) is 18.7 Å². The molecule has 1 aliphatic heterocycles. The first-order valence-electron chi connectivity index (χ1n) is 6.34. The lowest BCUT2D eigenvalue weighted by Crippen LogP contribution is -2.48. The Morgan fingerprint density at radius 3 is 2.85 bits per heavy atom. The van der Waals surface area contributed by atoms with E-state index in [0.717, 1.165) is 16.6 Å². The standard InChI is InChI=1S/C12H14BrN3O2S2/c1-15(7-2-3-7)11(17)8-5-19-6-16(8)12(18)10-14-4-9(13)20-10/h4,7-8H,2-3,5-6H2,1H3. The number of nitrogens with zero attached hydrogens (tertiary/aromatic N) is 3. The topological polar surface area (TPSA) is 53.5 Å². The predicted octanol–water partition coefficient (Wildman–Crippen LogP) is 2.04. The summed E-state index contributed by atoms with van der Waals surface area (Å²) in [4.78, 5) is 32.5. The second-order valence-corrected chi connectivity index (χ2v) is 8.35. The normalized spacial score (nSPS) is 22.1. The fraction of sp³-hybridized carbons (Fsp3) is 0.583. The third kappa shape index (κ3) is 2.73. The Balaban J connectivity index is 1.74. The Kier molecular flexibility index (Phi) is 4.05. The Labute approximate surface area is 133 Å². The number of aromatic nitrogens is 1. The summed E-state index contributed by atoms with van der Waals surface area (Å²) in [5.41, 5.74) is 0. The zero-order valence-corrected chi connectivity index (χ0v) is 14.1. The van der Waals surface area contributed by atoms with Crippen LogP contribution in [0.1, 0.15) is 22.6 Å². The SMILES string of the molecule is CN(C(=O)C1CSCN1C(=O)c1ncc(Br)s1)C1CC1. The van der Waals surface area contributed by atoms with Gasteiger partial charge in [0.15, 0.2) is 5.01 Å². The fourth-order valence-corrected chi connectivity index (χ4v) is 4.51. The van der Waals surface area contributed by atoms with Crippen LogP contribution in [-0.4, -0.2) is 57.4 Å². The van der Waals surface area contributed by atoms with Gasteiger partial charge in [0, 0.05) is 18.8 Å². The van der Waals surface area contributed by atoms with Gasteiger partial charge in [-0.2, -0.15) is 0 Å². The maximum Gasteiger partial charge on any atom is 0.284 e. The van der Waals surface area contributed by atoms with Crippen molar-refractivity contribution >= 4 is 50.8 Å².